The minimum atomic E-state index is 0.946. The van der Waals surface area contributed by atoms with E-state index in [1.165, 1.54) is 15.8 Å². The summed E-state index contributed by atoms with van der Waals surface area (Å²) in [4.78, 5) is 4.57. The molecule has 0 bridgehead atoms. The number of benzene rings is 2. The van der Waals surface area contributed by atoms with Gasteiger partial charge in [0.2, 0.25) is 0 Å². The van der Waals surface area contributed by atoms with Crippen LogP contribution in [-0.2, 0) is 0 Å². The van der Waals surface area contributed by atoms with Crippen molar-refractivity contribution in [1.29, 1.82) is 0 Å². The van der Waals surface area contributed by atoms with Crippen molar-refractivity contribution in [1.82, 2.24) is 4.98 Å². The summed E-state index contributed by atoms with van der Waals surface area (Å²) in [5.74, 6) is 0. The first-order valence-electron chi connectivity index (χ1n) is 5.91. The van der Waals surface area contributed by atoms with Gasteiger partial charge in [-0.15, -0.1) is 0 Å². The maximum atomic E-state index is 4.57. The summed E-state index contributed by atoms with van der Waals surface area (Å²) in [5, 5.41) is 4.33. The molecule has 0 saturated carbocycles. The van der Waals surface area contributed by atoms with E-state index in [0.29, 0.717) is 0 Å². The second kappa shape index (κ2) is 4.42. The van der Waals surface area contributed by atoms with Gasteiger partial charge in [0.1, 0.15) is 0 Å². The van der Waals surface area contributed by atoms with Gasteiger partial charge in [0.05, 0.1) is 10.2 Å². The lowest BCUT2D eigenvalue weighted by atomic mass is 10.1. The van der Waals surface area contributed by atoms with Crippen LogP contribution in [0.5, 0.6) is 0 Å². The third-order valence-corrected chi connectivity index (χ3v) is 3.72. The van der Waals surface area contributed by atoms with Crippen LogP contribution in [0.25, 0.3) is 10.2 Å². The molecular formula is C15H14N2S. The van der Waals surface area contributed by atoms with Crippen molar-refractivity contribution >= 4 is 32.4 Å². The molecule has 0 radical (unpaired) electrons. The minimum absolute atomic E-state index is 0.946. The van der Waals surface area contributed by atoms with E-state index >= 15 is 0 Å². The summed E-state index contributed by atoms with van der Waals surface area (Å²) >= 11 is 1.68. The molecular weight excluding hydrogens is 240 g/mol. The second-order valence-electron chi connectivity index (χ2n) is 4.49. The molecule has 90 valence electrons. The van der Waals surface area contributed by atoms with Crippen LogP contribution < -0.4 is 5.32 Å². The van der Waals surface area contributed by atoms with E-state index in [-0.39, 0.29) is 0 Å². The number of nitrogens with one attached hydrogen (secondary N) is 1. The first-order chi connectivity index (χ1) is 8.70. The van der Waals surface area contributed by atoms with Crippen molar-refractivity contribution in [3.8, 4) is 0 Å². The molecule has 2 nitrogen and oxygen atoms in total. The van der Waals surface area contributed by atoms with Crippen molar-refractivity contribution in [3.05, 3.63) is 53.6 Å². The number of rotatable bonds is 2. The van der Waals surface area contributed by atoms with Gasteiger partial charge in [0, 0.05) is 5.69 Å². The lowest BCUT2D eigenvalue weighted by Crippen LogP contribution is -1.90. The van der Waals surface area contributed by atoms with E-state index < -0.39 is 0 Å². The van der Waals surface area contributed by atoms with Crippen LogP contribution in [0.15, 0.2) is 42.5 Å². The van der Waals surface area contributed by atoms with Crippen molar-refractivity contribution in [2.75, 3.05) is 5.32 Å². The Kier molecular flexibility index (Phi) is 2.76. The molecule has 0 fully saturated rings. The normalized spacial score (nSPS) is 10.8. The lowest BCUT2D eigenvalue weighted by Gasteiger charge is -2.05. The monoisotopic (exact) mass is 254 g/mol. The standard InChI is InChI=1S/C15H14N2S/c1-10-7-11(2)9-12(8-10)16-15-17-13-5-3-4-6-14(13)18-15/h3-9H,1-2H3,(H,16,17). The third-order valence-electron chi connectivity index (χ3n) is 2.77. The highest BCUT2D eigenvalue weighted by Gasteiger charge is 2.03. The summed E-state index contributed by atoms with van der Waals surface area (Å²) in [7, 11) is 0. The van der Waals surface area contributed by atoms with E-state index in [2.05, 4.69) is 48.4 Å². The zero-order chi connectivity index (χ0) is 12.5. The molecule has 0 amide bonds. The Morgan fingerprint density at radius 3 is 2.44 bits per heavy atom. The summed E-state index contributed by atoms with van der Waals surface area (Å²) in [6, 6.07) is 14.6. The van der Waals surface area contributed by atoms with Crippen LogP contribution in [0, 0.1) is 13.8 Å². The molecule has 1 aromatic heterocycles. The quantitative estimate of drug-likeness (QED) is 0.719. The highest BCUT2D eigenvalue weighted by atomic mass is 32.1. The van der Waals surface area contributed by atoms with E-state index in [9.17, 15) is 0 Å². The number of anilines is 2. The number of aromatic nitrogens is 1. The van der Waals surface area contributed by atoms with Crippen LogP contribution >= 0.6 is 11.3 Å². The van der Waals surface area contributed by atoms with E-state index in [0.717, 1.165) is 16.3 Å². The van der Waals surface area contributed by atoms with Gasteiger partial charge in [0.15, 0.2) is 5.13 Å². The SMILES string of the molecule is Cc1cc(C)cc(Nc2nc3ccccc3s2)c1. The topological polar surface area (TPSA) is 24.9 Å². The zero-order valence-electron chi connectivity index (χ0n) is 10.4. The molecule has 1 heterocycles. The largest absolute Gasteiger partial charge is 0.332 e. The molecule has 0 spiro atoms. The lowest BCUT2D eigenvalue weighted by molar-refractivity contribution is 1.36. The van der Waals surface area contributed by atoms with Crippen LogP contribution in [-0.4, -0.2) is 4.98 Å². The van der Waals surface area contributed by atoms with Gasteiger partial charge in [0.25, 0.3) is 0 Å². The van der Waals surface area contributed by atoms with Crippen molar-refractivity contribution < 1.29 is 0 Å². The van der Waals surface area contributed by atoms with E-state index in [4.69, 9.17) is 0 Å². The van der Waals surface area contributed by atoms with Crippen LogP contribution in [0.2, 0.25) is 0 Å². The number of hydrogen-bond donors (Lipinski definition) is 1. The fraction of sp³-hybridized carbons (Fsp3) is 0.133. The fourth-order valence-corrected chi connectivity index (χ4v) is 2.98. The average molecular weight is 254 g/mol. The van der Waals surface area contributed by atoms with Gasteiger partial charge in [-0.3, -0.25) is 0 Å². The Hall–Kier alpha value is -1.87. The Balaban J connectivity index is 1.96. The Morgan fingerprint density at radius 1 is 1.00 bits per heavy atom. The summed E-state index contributed by atoms with van der Waals surface area (Å²) < 4.78 is 1.21. The van der Waals surface area contributed by atoms with Gasteiger partial charge >= 0.3 is 0 Å². The number of aryl methyl sites for hydroxylation is 2. The number of nitrogens with zero attached hydrogens (tertiary/aromatic N) is 1. The number of hydrogen-bond acceptors (Lipinski definition) is 3. The van der Waals surface area contributed by atoms with Gasteiger partial charge in [-0.1, -0.05) is 29.5 Å². The third kappa shape index (κ3) is 2.22. The molecule has 2 aromatic carbocycles. The molecule has 0 saturated heterocycles. The zero-order valence-corrected chi connectivity index (χ0v) is 11.2. The Bertz CT molecular complexity index is 647. The fourth-order valence-electron chi connectivity index (χ4n) is 2.10. The van der Waals surface area contributed by atoms with Crippen molar-refractivity contribution in [2.24, 2.45) is 0 Å². The number of thiazole rings is 1. The Morgan fingerprint density at radius 2 is 1.72 bits per heavy atom. The smallest absolute Gasteiger partial charge is 0.188 e. The predicted octanol–water partition coefficient (Wildman–Crippen LogP) is 4.66. The van der Waals surface area contributed by atoms with Crippen molar-refractivity contribution in [2.45, 2.75) is 13.8 Å². The number of para-hydroxylation sites is 1. The maximum absolute atomic E-state index is 4.57. The highest BCUT2D eigenvalue weighted by Crippen LogP contribution is 2.28. The van der Waals surface area contributed by atoms with Gasteiger partial charge in [-0.2, -0.15) is 0 Å². The number of fused-ring (bicyclic) bond motifs is 1. The van der Waals surface area contributed by atoms with Crippen molar-refractivity contribution in [3.63, 3.8) is 0 Å². The van der Waals surface area contributed by atoms with Gasteiger partial charge in [-0.05, 0) is 49.2 Å². The minimum Gasteiger partial charge on any atom is -0.332 e. The second-order valence-corrected chi connectivity index (χ2v) is 5.52. The molecule has 0 aliphatic heterocycles. The van der Waals surface area contributed by atoms with Crippen LogP contribution in [0.4, 0.5) is 10.8 Å². The molecule has 18 heavy (non-hydrogen) atoms. The van der Waals surface area contributed by atoms with E-state index in [1.807, 2.05) is 18.2 Å². The summed E-state index contributed by atoms with van der Waals surface area (Å²) in [6.45, 7) is 4.22. The Labute approximate surface area is 110 Å². The molecule has 3 aromatic rings. The molecule has 0 aliphatic rings. The predicted molar refractivity (Wildman–Crippen MR) is 78.8 cm³/mol. The molecule has 3 rings (SSSR count). The van der Waals surface area contributed by atoms with Crippen LogP contribution in [0.3, 0.4) is 0 Å². The first kappa shape index (κ1) is 11.2. The van der Waals surface area contributed by atoms with E-state index in [1.54, 1.807) is 11.3 Å². The molecule has 0 unspecified atom stereocenters. The molecule has 0 atom stereocenters. The maximum Gasteiger partial charge on any atom is 0.188 e. The summed E-state index contributed by atoms with van der Waals surface area (Å²) in [5.41, 5.74) is 4.68. The van der Waals surface area contributed by atoms with Crippen LogP contribution in [0.1, 0.15) is 11.1 Å². The highest BCUT2D eigenvalue weighted by molar-refractivity contribution is 7.22. The first-order valence-corrected chi connectivity index (χ1v) is 6.73. The average Bonchev–Trinajstić information content (AvgIpc) is 2.69. The molecule has 0 aliphatic carbocycles. The molecule has 3 heteroatoms. The summed E-state index contributed by atoms with van der Waals surface area (Å²) in [6.07, 6.45) is 0. The van der Waals surface area contributed by atoms with Gasteiger partial charge < -0.3 is 5.32 Å². The van der Waals surface area contributed by atoms with Gasteiger partial charge in [-0.25, -0.2) is 4.98 Å². The molecule has 1 N–H and O–H groups in total.